The summed E-state index contributed by atoms with van der Waals surface area (Å²) >= 11 is 0. The number of nitrogens with zero attached hydrogens (tertiary/aromatic N) is 7. The van der Waals surface area contributed by atoms with Crippen LogP contribution < -0.4 is 5.69 Å². The summed E-state index contributed by atoms with van der Waals surface area (Å²) < 4.78 is 24.3. The average molecular weight is 518 g/mol. The smallest absolute Gasteiger partial charge is 0.330 e. The molecule has 10 heteroatoms. The predicted octanol–water partition coefficient (Wildman–Crippen LogP) is 4.38. The number of hydrogen-bond donors (Lipinski definition) is 0. The Kier molecular flexibility index (Phi) is 6.75. The van der Waals surface area contributed by atoms with Crippen molar-refractivity contribution in [2.75, 3.05) is 26.2 Å². The van der Waals surface area contributed by atoms with Gasteiger partial charge in [0.2, 0.25) is 0 Å². The number of benzene rings is 1. The number of halogens is 1. The molecule has 5 rings (SSSR count). The first-order valence-electron chi connectivity index (χ1n) is 12.9. The fourth-order valence-corrected chi connectivity index (χ4v) is 5.20. The van der Waals surface area contributed by atoms with Crippen LogP contribution >= 0.6 is 0 Å². The molecule has 0 radical (unpaired) electrons. The number of aromatic nitrogens is 5. The Morgan fingerprint density at radius 1 is 1.24 bits per heavy atom. The number of aryl methyl sites for hydroxylation is 1. The maximum absolute atomic E-state index is 15.2. The lowest BCUT2D eigenvalue weighted by molar-refractivity contribution is 0.0482. The van der Waals surface area contributed by atoms with Crippen LogP contribution in [0.25, 0.3) is 33.2 Å². The minimum Gasteiger partial charge on any atom is -0.371 e. The zero-order chi connectivity index (χ0) is 27.2. The summed E-state index contributed by atoms with van der Waals surface area (Å²) in [6.07, 6.45) is 2.30. The van der Waals surface area contributed by atoms with Crippen LogP contribution in [-0.4, -0.2) is 55.5 Å². The van der Waals surface area contributed by atoms with Gasteiger partial charge < -0.3 is 4.74 Å². The summed E-state index contributed by atoms with van der Waals surface area (Å²) in [4.78, 5) is 19.6. The SMILES string of the molecule is CC(C)n1c(=O)n(C)c2nnc3cc(F)c(-c4ccc([C@@H](C)OCCN5CCC(C)(C#N)C5)nc4)cc3c21. The topological polar surface area (TPSA) is 102 Å². The largest absolute Gasteiger partial charge is 0.371 e. The molecule has 1 aromatic carbocycles. The van der Waals surface area contributed by atoms with Crippen LogP contribution in [0.5, 0.6) is 0 Å². The molecule has 1 fully saturated rings. The normalized spacial score (nSPS) is 19.0. The highest BCUT2D eigenvalue weighted by molar-refractivity contribution is 6.02. The van der Waals surface area contributed by atoms with Gasteiger partial charge in [-0.2, -0.15) is 5.26 Å². The van der Waals surface area contributed by atoms with Crippen LogP contribution in [0, 0.1) is 22.6 Å². The van der Waals surface area contributed by atoms with Crippen LogP contribution in [0.4, 0.5) is 4.39 Å². The summed E-state index contributed by atoms with van der Waals surface area (Å²) in [5, 5.41) is 18.3. The second kappa shape index (κ2) is 9.89. The lowest BCUT2D eigenvalue weighted by atomic mass is 9.92. The second-order valence-electron chi connectivity index (χ2n) is 10.7. The molecule has 3 aromatic heterocycles. The molecule has 4 heterocycles. The van der Waals surface area contributed by atoms with E-state index in [1.54, 1.807) is 23.9 Å². The van der Waals surface area contributed by atoms with E-state index < -0.39 is 5.82 Å². The second-order valence-corrected chi connectivity index (χ2v) is 10.7. The summed E-state index contributed by atoms with van der Waals surface area (Å²) in [6.45, 7) is 10.8. The van der Waals surface area contributed by atoms with Gasteiger partial charge >= 0.3 is 5.69 Å². The van der Waals surface area contributed by atoms with Crippen LogP contribution in [0.1, 0.15) is 52.0 Å². The summed E-state index contributed by atoms with van der Waals surface area (Å²) in [5.41, 5.74) is 2.77. The quantitative estimate of drug-likeness (QED) is 0.359. The highest BCUT2D eigenvalue weighted by atomic mass is 19.1. The van der Waals surface area contributed by atoms with Crippen molar-refractivity contribution in [2.24, 2.45) is 12.5 Å². The first kappa shape index (κ1) is 25.9. The molecule has 0 N–H and O–H groups in total. The molecule has 4 aromatic rings. The fourth-order valence-electron chi connectivity index (χ4n) is 5.20. The van der Waals surface area contributed by atoms with E-state index in [1.807, 2.05) is 39.8 Å². The third-order valence-electron chi connectivity index (χ3n) is 7.48. The van der Waals surface area contributed by atoms with Crippen molar-refractivity contribution >= 4 is 22.1 Å². The monoisotopic (exact) mass is 517 g/mol. The van der Waals surface area contributed by atoms with E-state index in [4.69, 9.17) is 4.74 Å². The molecule has 1 aliphatic rings. The van der Waals surface area contributed by atoms with Gasteiger partial charge in [-0.1, -0.05) is 6.07 Å². The first-order chi connectivity index (χ1) is 18.1. The van der Waals surface area contributed by atoms with Crippen LogP contribution in [-0.2, 0) is 11.8 Å². The number of nitriles is 1. The summed E-state index contributed by atoms with van der Waals surface area (Å²) in [6, 6.07) is 9.06. The van der Waals surface area contributed by atoms with Crippen molar-refractivity contribution in [3.63, 3.8) is 0 Å². The molecule has 38 heavy (non-hydrogen) atoms. The molecule has 0 bridgehead atoms. The molecule has 0 saturated carbocycles. The predicted molar refractivity (Wildman–Crippen MR) is 143 cm³/mol. The van der Waals surface area contributed by atoms with Gasteiger partial charge in [-0.3, -0.25) is 19.0 Å². The van der Waals surface area contributed by atoms with Gasteiger partial charge in [0.25, 0.3) is 0 Å². The van der Waals surface area contributed by atoms with Gasteiger partial charge in [-0.25, -0.2) is 9.18 Å². The Balaban J connectivity index is 1.38. The minimum absolute atomic E-state index is 0.101. The van der Waals surface area contributed by atoms with Crippen molar-refractivity contribution < 1.29 is 9.13 Å². The lowest BCUT2D eigenvalue weighted by Crippen LogP contribution is -2.28. The van der Waals surface area contributed by atoms with E-state index in [0.29, 0.717) is 39.8 Å². The highest BCUT2D eigenvalue weighted by Crippen LogP contribution is 2.32. The Morgan fingerprint density at radius 2 is 2.03 bits per heavy atom. The van der Waals surface area contributed by atoms with Gasteiger partial charge in [0.15, 0.2) is 5.65 Å². The Morgan fingerprint density at radius 3 is 2.68 bits per heavy atom. The number of hydrogen-bond acceptors (Lipinski definition) is 7. The Labute approximate surface area is 220 Å². The molecule has 1 aliphatic heterocycles. The lowest BCUT2D eigenvalue weighted by Gasteiger charge is -2.19. The molecule has 1 unspecified atom stereocenters. The standard InChI is InChI=1S/C28H32FN7O2/c1-17(2)36-25-21-12-20(22(29)13-24(21)32-33-26(25)34(5)27(36)37)19-6-7-23(31-14-19)18(3)38-11-10-35-9-8-28(4,15-30)16-35/h6-7,12-14,17-18H,8-11,16H2,1-5H3/t18-,28?/m1/s1. The third-order valence-corrected chi connectivity index (χ3v) is 7.48. The van der Waals surface area contributed by atoms with Crippen LogP contribution in [0.15, 0.2) is 35.3 Å². The Bertz CT molecular complexity index is 1600. The van der Waals surface area contributed by atoms with Gasteiger partial charge in [0, 0.05) is 55.0 Å². The van der Waals surface area contributed by atoms with E-state index >= 15 is 4.39 Å². The van der Waals surface area contributed by atoms with Gasteiger partial charge in [-0.15, -0.1) is 10.2 Å². The number of pyridine rings is 1. The van der Waals surface area contributed by atoms with Gasteiger partial charge in [0.05, 0.1) is 35.4 Å². The van der Waals surface area contributed by atoms with Gasteiger partial charge in [0.1, 0.15) is 11.3 Å². The molecule has 9 nitrogen and oxygen atoms in total. The fraction of sp³-hybridized carbons (Fsp3) is 0.464. The van der Waals surface area contributed by atoms with Crippen LogP contribution in [0.3, 0.4) is 0 Å². The van der Waals surface area contributed by atoms with E-state index in [9.17, 15) is 10.1 Å². The summed E-state index contributed by atoms with van der Waals surface area (Å²) in [7, 11) is 1.66. The van der Waals surface area contributed by atoms with Crippen molar-refractivity contribution in [1.29, 1.82) is 5.26 Å². The van der Waals surface area contributed by atoms with E-state index in [1.165, 1.54) is 10.6 Å². The maximum atomic E-state index is 15.2. The number of ether oxygens (including phenoxy) is 1. The zero-order valence-corrected chi connectivity index (χ0v) is 22.4. The maximum Gasteiger partial charge on any atom is 0.330 e. The average Bonchev–Trinajstić information content (AvgIpc) is 3.41. The summed E-state index contributed by atoms with van der Waals surface area (Å²) in [5.74, 6) is -0.436. The zero-order valence-electron chi connectivity index (χ0n) is 22.4. The van der Waals surface area contributed by atoms with Crippen LogP contribution in [0.2, 0.25) is 0 Å². The molecule has 198 valence electrons. The van der Waals surface area contributed by atoms with E-state index in [0.717, 1.165) is 31.7 Å². The highest BCUT2D eigenvalue weighted by Gasteiger charge is 2.33. The van der Waals surface area contributed by atoms with E-state index in [-0.39, 0.29) is 23.3 Å². The van der Waals surface area contributed by atoms with Crippen molar-refractivity contribution in [3.05, 3.63) is 52.5 Å². The molecule has 1 saturated heterocycles. The number of fused-ring (bicyclic) bond motifs is 3. The van der Waals surface area contributed by atoms with Crippen molar-refractivity contribution in [2.45, 2.75) is 46.3 Å². The molecule has 2 atom stereocenters. The number of likely N-dealkylation sites (tertiary alicyclic amines) is 1. The molecular weight excluding hydrogens is 485 g/mol. The third kappa shape index (κ3) is 4.57. The van der Waals surface area contributed by atoms with E-state index in [2.05, 4.69) is 26.2 Å². The van der Waals surface area contributed by atoms with Crippen molar-refractivity contribution in [1.82, 2.24) is 29.2 Å². The Hall–Kier alpha value is -3.68. The number of imidazole rings is 1. The molecule has 0 spiro atoms. The first-order valence-corrected chi connectivity index (χ1v) is 12.9. The van der Waals surface area contributed by atoms with Crippen molar-refractivity contribution in [3.8, 4) is 17.2 Å². The molecular formula is C28H32FN7O2. The minimum atomic E-state index is -0.436. The molecule has 0 amide bonds. The molecule has 0 aliphatic carbocycles. The number of rotatable bonds is 7. The van der Waals surface area contributed by atoms with Gasteiger partial charge in [-0.05, 0) is 52.8 Å².